The van der Waals surface area contributed by atoms with Crippen molar-refractivity contribution in [3.05, 3.63) is 36.0 Å². The van der Waals surface area contributed by atoms with E-state index < -0.39 is 54.3 Å². The van der Waals surface area contributed by atoms with Gasteiger partial charge in [-0.1, -0.05) is 19.2 Å². The summed E-state index contributed by atoms with van der Waals surface area (Å²) in [4.78, 5) is 35.9. The molecule has 0 spiro atoms. The molecule has 30 heavy (non-hydrogen) atoms. The zero-order valence-corrected chi connectivity index (χ0v) is 16.8. The molecule has 2 fully saturated rings. The summed E-state index contributed by atoms with van der Waals surface area (Å²) in [6, 6.07) is 0. The normalized spacial score (nSPS) is 32.8. The molecule has 0 aromatic heterocycles. The maximum Gasteiger partial charge on any atom is 0.336 e. The van der Waals surface area contributed by atoms with Gasteiger partial charge in [-0.2, -0.15) is 0 Å². The van der Waals surface area contributed by atoms with E-state index in [0.717, 1.165) is 0 Å². The van der Waals surface area contributed by atoms with Gasteiger partial charge in [0.1, 0.15) is 30.5 Å². The minimum Gasteiger partial charge on any atom is -0.461 e. The fraction of sp³-hybridized carbons (Fsp3) is 0.571. The Kier molecular flexibility index (Phi) is 6.44. The van der Waals surface area contributed by atoms with Crippen molar-refractivity contribution in [2.24, 2.45) is 5.92 Å². The standard InChI is InChI=1S/C21H26O9/c1-11(8-22)19(25)28-15-7-14(9-27-13(3)24)5-4-6-21(10-23)18(30-21)17-16(15)12(2)20(26)29-17/h5,15-18,22-23H,1-2,4,6-10H2,3H3. The lowest BCUT2D eigenvalue weighted by atomic mass is 9.81. The third kappa shape index (κ3) is 4.33. The molecular weight excluding hydrogens is 396 g/mol. The number of allylic oxidation sites excluding steroid dienone is 1. The number of epoxide rings is 1. The summed E-state index contributed by atoms with van der Waals surface area (Å²) in [5, 5.41) is 19.1. The maximum absolute atomic E-state index is 12.3. The molecule has 2 saturated heterocycles. The van der Waals surface area contributed by atoms with Crippen LogP contribution in [0, 0.1) is 5.92 Å². The highest BCUT2D eigenvalue weighted by molar-refractivity contribution is 5.92. The van der Waals surface area contributed by atoms with Gasteiger partial charge in [-0.15, -0.1) is 0 Å². The summed E-state index contributed by atoms with van der Waals surface area (Å²) >= 11 is 0. The van der Waals surface area contributed by atoms with Crippen molar-refractivity contribution >= 4 is 17.9 Å². The van der Waals surface area contributed by atoms with Crippen LogP contribution < -0.4 is 0 Å². The third-order valence-electron chi connectivity index (χ3n) is 5.71. The lowest BCUT2D eigenvalue weighted by molar-refractivity contribution is -0.149. The van der Waals surface area contributed by atoms with Crippen molar-refractivity contribution in [3.63, 3.8) is 0 Å². The van der Waals surface area contributed by atoms with Gasteiger partial charge in [-0.05, 0) is 18.4 Å². The number of aliphatic hydroxyl groups is 2. The highest BCUT2D eigenvalue weighted by atomic mass is 16.7. The molecule has 2 heterocycles. The average molecular weight is 422 g/mol. The van der Waals surface area contributed by atoms with E-state index in [-0.39, 0.29) is 30.8 Å². The largest absolute Gasteiger partial charge is 0.461 e. The van der Waals surface area contributed by atoms with Gasteiger partial charge in [0.05, 0.1) is 24.7 Å². The van der Waals surface area contributed by atoms with E-state index in [1.165, 1.54) is 6.92 Å². The van der Waals surface area contributed by atoms with Gasteiger partial charge in [0.2, 0.25) is 0 Å². The van der Waals surface area contributed by atoms with Crippen LogP contribution in [0.1, 0.15) is 26.2 Å². The van der Waals surface area contributed by atoms with Crippen LogP contribution in [0.2, 0.25) is 0 Å². The van der Waals surface area contributed by atoms with Crippen LogP contribution in [0.25, 0.3) is 0 Å². The van der Waals surface area contributed by atoms with Gasteiger partial charge in [0.15, 0.2) is 0 Å². The molecule has 9 heteroatoms. The number of rotatable bonds is 6. The van der Waals surface area contributed by atoms with E-state index in [1.54, 1.807) is 0 Å². The summed E-state index contributed by atoms with van der Waals surface area (Å²) in [6.45, 7) is 7.71. The minimum atomic E-state index is -0.898. The number of fused-ring (bicyclic) bond motifs is 3. The predicted molar refractivity (Wildman–Crippen MR) is 102 cm³/mol. The first-order chi connectivity index (χ1) is 14.2. The van der Waals surface area contributed by atoms with Crippen molar-refractivity contribution in [2.75, 3.05) is 19.8 Å². The Labute approximate surface area is 173 Å². The molecule has 5 unspecified atom stereocenters. The number of ether oxygens (including phenoxy) is 4. The Morgan fingerprint density at radius 2 is 2.10 bits per heavy atom. The van der Waals surface area contributed by atoms with Crippen LogP contribution in [-0.4, -0.2) is 71.9 Å². The van der Waals surface area contributed by atoms with E-state index >= 15 is 0 Å². The van der Waals surface area contributed by atoms with Gasteiger partial charge >= 0.3 is 17.9 Å². The molecule has 3 rings (SSSR count). The molecule has 2 aliphatic heterocycles. The van der Waals surface area contributed by atoms with Gasteiger partial charge < -0.3 is 29.2 Å². The molecule has 0 aromatic rings. The Balaban J connectivity index is 1.95. The molecule has 0 bridgehead atoms. The van der Waals surface area contributed by atoms with Crippen molar-refractivity contribution in [1.29, 1.82) is 0 Å². The van der Waals surface area contributed by atoms with Crippen LogP contribution >= 0.6 is 0 Å². The number of carbonyl (C=O) groups excluding carboxylic acids is 3. The van der Waals surface area contributed by atoms with Crippen LogP contribution in [0.5, 0.6) is 0 Å². The number of hydrogen-bond acceptors (Lipinski definition) is 9. The van der Waals surface area contributed by atoms with Crippen LogP contribution in [0.15, 0.2) is 36.0 Å². The van der Waals surface area contributed by atoms with Gasteiger partial charge in [-0.3, -0.25) is 4.79 Å². The molecule has 2 N–H and O–H groups in total. The highest BCUT2D eigenvalue weighted by Crippen LogP contribution is 2.50. The van der Waals surface area contributed by atoms with Crippen LogP contribution in [0.4, 0.5) is 0 Å². The second-order valence-corrected chi connectivity index (χ2v) is 7.77. The summed E-state index contributed by atoms with van der Waals surface area (Å²) in [5.74, 6) is -2.64. The molecule has 3 aliphatic rings. The van der Waals surface area contributed by atoms with E-state index in [2.05, 4.69) is 13.2 Å². The van der Waals surface area contributed by atoms with Gasteiger partial charge in [0, 0.05) is 18.9 Å². The molecule has 9 nitrogen and oxygen atoms in total. The zero-order chi connectivity index (χ0) is 22.1. The molecule has 0 aromatic carbocycles. The van der Waals surface area contributed by atoms with Crippen LogP contribution in [-0.2, 0) is 33.3 Å². The smallest absolute Gasteiger partial charge is 0.336 e. The Morgan fingerprint density at radius 1 is 1.37 bits per heavy atom. The van der Waals surface area contributed by atoms with Gasteiger partial charge in [0.25, 0.3) is 0 Å². The fourth-order valence-electron chi connectivity index (χ4n) is 3.99. The third-order valence-corrected chi connectivity index (χ3v) is 5.71. The molecular formula is C21H26O9. The quantitative estimate of drug-likeness (QED) is 0.205. The Morgan fingerprint density at radius 3 is 2.73 bits per heavy atom. The Hall–Kier alpha value is -2.49. The SMILES string of the molecule is C=C(CO)C(=O)OC1CC(COC(C)=O)=CCCC2(CO)OC2C2OC(=O)C(=C)C12. The molecule has 164 valence electrons. The molecule has 0 radical (unpaired) electrons. The molecule has 0 saturated carbocycles. The predicted octanol–water partition coefficient (Wildman–Crippen LogP) is 0.348. The first-order valence-corrected chi connectivity index (χ1v) is 9.71. The first-order valence-electron chi connectivity index (χ1n) is 9.71. The summed E-state index contributed by atoms with van der Waals surface area (Å²) in [7, 11) is 0. The Bertz CT molecular complexity index is 798. The molecule has 5 atom stereocenters. The lowest BCUT2D eigenvalue weighted by Gasteiger charge is -2.29. The average Bonchev–Trinajstić information content (AvgIpc) is 3.36. The first kappa shape index (κ1) is 22.2. The molecule has 0 amide bonds. The second kappa shape index (κ2) is 8.71. The maximum atomic E-state index is 12.3. The number of esters is 3. The van der Waals surface area contributed by atoms with Gasteiger partial charge in [-0.25, -0.2) is 9.59 Å². The van der Waals surface area contributed by atoms with Crippen molar-refractivity contribution in [3.8, 4) is 0 Å². The topological polar surface area (TPSA) is 132 Å². The molecule has 1 aliphatic carbocycles. The van der Waals surface area contributed by atoms with Crippen molar-refractivity contribution in [2.45, 2.75) is 50.1 Å². The minimum absolute atomic E-state index is 0.0145. The number of carbonyl (C=O) groups is 3. The highest BCUT2D eigenvalue weighted by Gasteiger charge is 2.65. The van der Waals surface area contributed by atoms with E-state index in [9.17, 15) is 24.6 Å². The monoisotopic (exact) mass is 422 g/mol. The van der Waals surface area contributed by atoms with E-state index in [1.807, 2.05) is 6.08 Å². The summed E-state index contributed by atoms with van der Waals surface area (Å²) in [6.07, 6.45) is 0.771. The van der Waals surface area contributed by atoms with E-state index in [0.29, 0.717) is 18.4 Å². The fourth-order valence-corrected chi connectivity index (χ4v) is 3.99. The number of hydrogen-bond donors (Lipinski definition) is 2. The summed E-state index contributed by atoms with van der Waals surface area (Å²) < 4.78 is 22.0. The second-order valence-electron chi connectivity index (χ2n) is 7.77. The van der Waals surface area contributed by atoms with Crippen molar-refractivity contribution in [1.82, 2.24) is 0 Å². The van der Waals surface area contributed by atoms with Crippen molar-refractivity contribution < 1.29 is 43.5 Å². The van der Waals surface area contributed by atoms with E-state index in [4.69, 9.17) is 18.9 Å². The lowest BCUT2D eigenvalue weighted by Crippen LogP contribution is -2.40. The summed E-state index contributed by atoms with van der Waals surface area (Å²) in [5.41, 5.74) is -0.201. The zero-order valence-electron chi connectivity index (χ0n) is 16.8. The number of aliphatic hydroxyl groups excluding tert-OH is 2. The van der Waals surface area contributed by atoms with Crippen LogP contribution in [0.3, 0.4) is 0 Å².